The summed E-state index contributed by atoms with van der Waals surface area (Å²) in [6, 6.07) is 10.5. The number of amides is 1. The van der Waals surface area contributed by atoms with Gasteiger partial charge in [0, 0.05) is 49.6 Å². The quantitative estimate of drug-likeness (QED) is 0.652. The molecule has 1 amide bonds. The van der Waals surface area contributed by atoms with E-state index in [1.54, 1.807) is 30.0 Å². The molecule has 0 saturated carbocycles. The Morgan fingerprint density at radius 2 is 2.19 bits per heavy atom. The van der Waals surface area contributed by atoms with Gasteiger partial charge in [0.25, 0.3) is 0 Å². The van der Waals surface area contributed by atoms with Gasteiger partial charge in [-0.25, -0.2) is 4.39 Å². The summed E-state index contributed by atoms with van der Waals surface area (Å²) in [5.41, 5.74) is 4.51. The number of aromatic nitrogens is 1. The molecular weight excluding hydrogens is 419 g/mol. The van der Waals surface area contributed by atoms with E-state index < -0.39 is 5.82 Å². The Hall–Kier alpha value is -3.37. The summed E-state index contributed by atoms with van der Waals surface area (Å²) in [5.74, 6) is -0.540. The number of rotatable bonds is 4. The van der Waals surface area contributed by atoms with Crippen molar-refractivity contribution in [2.75, 3.05) is 19.0 Å². The van der Waals surface area contributed by atoms with Crippen molar-refractivity contribution in [2.24, 2.45) is 0 Å². The van der Waals surface area contributed by atoms with Crippen LogP contribution in [0.4, 0.5) is 10.1 Å². The van der Waals surface area contributed by atoms with Gasteiger partial charge < -0.3 is 15.0 Å². The highest BCUT2D eigenvalue weighted by Crippen LogP contribution is 2.34. The second-order valence-corrected chi connectivity index (χ2v) is 7.80. The molecule has 0 aliphatic carbocycles. The second-order valence-electron chi connectivity index (χ2n) is 7.39. The molecule has 0 bridgehead atoms. The van der Waals surface area contributed by atoms with Crippen LogP contribution in [-0.2, 0) is 24.3 Å². The number of nitrogens with one attached hydrogen (secondary N) is 1. The number of pyridine rings is 1. The van der Waals surface area contributed by atoms with E-state index >= 15 is 0 Å². The smallest absolute Gasteiger partial charge is 0.219 e. The highest BCUT2D eigenvalue weighted by Gasteiger charge is 2.24. The fourth-order valence-corrected chi connectivity index (χ4v) is 4.19. The number of halogens is 2. The Bertz CT molecular complexity index is 1220. The van der Waals surface area contributed by atoms with Crippen LogP contribution in [0.25, 0.3) is 10.9 Å². The van der Waals surface area contributed by atoms with Crippen LogP contribution in [0.15, 0.2) is 30.3 Å². The second kappa shape index (κ2) is 8.40. The highest BCUT2D eigenvalue weighted by molar-refractivity contribution is 6.32. The maximum absolute atomic E-state index is 14.3. The molecule has 1 aliphatic rings. The van der Waals surface area contributed by atoms with Crippen molar-refractivity contribution in [1.29, 1.82) is 5.26 Å². The van der Waals surface area contributed by atoms with E-state index in [1.807, 2.05) is 6.07 Å². The number of nitriles is 1. The summed E-state index contributed by atoms with van der Waals surface area (Å²) in [6.07, 6.45) is 0.641. The Kier molecular flexibility index (Phi) is 5.66. The van der Waals surface area contributed by atoms with Gasteiger partial charge in [-0.3, -0.25) is 9.78 Å². The summed E-state index contributed by atoms with van der Waals surface area (Å²) in [5, 5.41) is 13.7. The lowest BCUT2D eigenvalue weighted by Crippen LogP contribution is -2.35. The summed E-state index contributed by atoms with van der Waals surface area (Å²) in [6.45, 7) is 2.87. The molecule has 1 aromatic heterocycles. The number of anilines is 1. The molecule has 0 radical (unpaired) electrons. The average Bonchev–Trinajstić information content (AvgIpc) is 2.75. The third kappa shape index (κ3) is 3.99. The summed E-state index contributed by atoms with van der Waals surface area (Å²) in [7, 11) is 1.37. The number of carbonyl (C=O) groups is 1. The number of methoxy groups -OCH3 is 1. The molecule has 0 spiro atoms. The maximum atomic E-state index is 14.3. The lowest BCUT2D eigenvalue weighted by Gasteiger charge is -2.30. The van der Waals surface area contributed by atoms with Crippen molar-refractivity contribution in [2.45, 2.75) is 26.4 Å². The topological polar surface area (TPSA) is 78.2 Å². The van der Waals surface area contributed by atoms with Gasteiger partial charge in [-0.2, -0.15) is 5.26 Å². The first kappa shape index (κ1) is 20.9. The number of hydrogen-bond donors (Lipinski definition) is 1. The molecule has 0 atom stereocenters. The molecule has 6 nitrogen and oxygen atoms in total. The third-order valence-electron chi connectivity index (χ3n) is 5.44. The van der Waals surface area contributed by atoms with Crippen LogP contribution in [0.2, 0.25) is 5.02 Å². The predicted octanol–water partition coefficient (Wildman–Crippen LogP) is 4.42. The first-order chi connectivity index (χ1) is 14.9. The average molecular weight is 439 g/mol. The molecule has 158 valence electrons. The van der Waals surface area contributed by atoms with Gasteiger partial charge in [-0.15, -0.1) is 0 Å². The fraction of sp³-hybridized carbons (Fsp3) is 0.261. The molecule has 1 N–H and O–H groups in total. The lowest BCUT2D eigenvalue weighted by molar-refractivity contribution is -0.129. The largest absolute Gasteiger partial charge is 0.492 e. The molecule has 2 heterocycles. The fourth-order valence-electron chi connectivity index (χ4n) is 3.88. The minimum atomic E-state index is -0.539. The maximum Gasteiger partial charge on any atom is 0.219 e. The number of benzene rings is 2. The van der Waals surface area contributed by atoms with Crippen LogP contribution in [-0.4, -0.2) is 29.4 Å². The van der Waals surface area contributed by atoms with Gasteiger partial charge in [0.05, 0.1) is 35.0 Å². The number of hydrogen-bond acceptors (Lipinski definition) is 5. The van der Waals surface area contributed by atoms with E-state index in [4.69, 9.17) is 21.3 Å². The highest BCUT2D eigenvalue weighted by atomic mass is 35.5. The summed E-state index contributed by atoms with van der Waals surface area (Å²) in [4.78, 5) is 18.5. The molecule has 31 heavy (non-hydrogen) atoms. The van der Waals surface area contributed by atoms with Gasteiger partial charge in [-0.05, 0) is 35.9 Å². The van der Waals surface area contributed by atoms with Crippen LogP contribution < -0.4 is 10.1 Å². The van der Waals surface area contributed by atoms with Crippen LogP contribution in [0.3, 0.4) is 0 Å². The van der Waals surface area contributed by atoms with Gasteiger partial charge in [-0.1, -0.05) is 11.6 Å². The van der Waals surface area contributed by atoms with E-state index in [2.05, 4.69) is 11.4 Å². The molecule has 0 saturated heterocycles. The lowest BCUT2D eigenvalue weighted by atomic mass is 9.98. The van der Waals surface area contributed by atoms with Crippen LogP contribution in [0, 0.1) is 17.1 Å². The first-order valence-corrected chi connectivity index (χ1v) is 10.2. The monoisotopic (exact) mass is 438 g/mol. The normalized spacial score (nSPS) is 12.9. The van der Waals surface area contributed by atoms with Gasteiger partial charge >= 0.3 is 0 Å². The zero-order valence-electron chi connectivity index (χ0n) is 17.1. The Morgan fingerprint density at radius 1 is 1.39 bits per heavy atom. The van der Waals surface area contributed by atoms with E-state index in [0.717, 1.165) is 27.8 Å². The van der Waals surface area contributed by atoms with Crippen LogP contribution >= 0.6 is 11.6 Å². The summed E-state index contributed by atoms with van der Waals surface area (Å²) < 4.78 is 19.3. The molecular formula is C23H20ClFN4O2. The summed E-state index contributed by atoms with van der Waals surface area (Å²) >= 11 is 6.14. The molecule has 4 rings (SSSR count). The Balaban J connectivity index is 1.79. The zero-order valence-corrected chi connectivity index (χ0v) is 17.9. The number of ether oxygens (including phenoxy) is 1. The molecule has 3 aromatic rings. The van der Waals surface area contributed by atoms with Gasteiger partial charge in [0.2, 0.25) is 5.91 Å². The molecule has 2 aromatic carbocycles. The SMILES string of the molecule is COc1c(F)cc(CNc2c3c(nc4ccc(C#N)cc24)CCN(C(C)=O)C3)cc1Cl. The van der Waals surface area contributed by atoms with E-state index in [1.165, 1.54) is 13.2 Å². The van der Waals surface area contributed by atoms with E-state index in [9.17, 15) is 14.4 Å². The number of fused-ring (bicyclic) bond motifs is 2. The minimum Gasteiger partial charge on any atom is -0.492 e. The Labute approximate surface area is 184 Å². The minimum absolute atomic E-state index is 0.00733. The molecule has 1 aliphatic heterocycles. The van der Waals surface area contributed by atoms with E-state index in [0.29, 0.717) is 37.2 Å². The molecule has 8 heteroatoms. The van der Waals surface area contributed by atoms with Crippen molar-refractivity contribution in [3.63, 3.8) is 0 Å². The van der Waals surface area contributed by atoms with Crippen molar-refractivity contribution >= 4 is 34.1 Å². The predicted molar refractivity (Wildman–Crippen MR) is 117 cm³/mol. The van der Waals surface area contributed by atoms with Crippen LogP contribution in [0.1, 0.15) is 29.3 Å². The van der Waals surface area contributed by atoms with E-state index in [-0.39, 0.29) is 16.7 Å². The van der Waals surface area contributed by atoms with Crippen LogP contribution in [0.5, 0.6) is 5.75 Å². The third-order valence-corrected chi connectivity index (χ3v) is 5.73. The molecule has 0 fully saturated rings. The Morgan fingerprint density at radius 3 is 2.87 bits per heavy atom. The molecule has 0 unspecified atom stereocenters. The standard InChI is InChI=1S/C23H20ClFN4O2/c1-13(30)29-6-5-21-17(12-29)22(16-7-14(10-26)3-4-20(16)28-21)27-11-15-8-18(24)23(31-2)19(25)9-15/h3-4,7-9H,5-6,11-12H2,1-2H3,(H,27,28). The first-order valence-electron chi connectivity index (χ1n) is 9.78. The van der Waals surface area contributed by atoms with Crippen molar-refractivity contribution in [3.8, 4) is 11.8 Å². The number of carbonyl (C=O) groups excluding carboxylic acids is 1. The number of nitrogens with zero attached hydrogens (tertiary/aromatic N) is 3. The zero-order chi connectivity index (χ0) is 22.1. The van der Waals surface area contributed by atoms with Crippen molar-refractivity contribution < 1.29 is 13.9 Å². The van der Waals surface area contributed by atoms with Crippen molar-refractivity contribution in [1.82, 2.24) is 9.88 Å². The van der Waals surface area contributed by atoms with Gasteiger partial charge in [0.15, 0.2) is 11.6 Å². The van der Waals surface area contributed by atoms with Crippen molar-refractivity contribution in [3.05, 3.63) is 63.6 Å². The van der Waals surface area contributed by atoms with Gasteiger partial charge in [0.1, 0.15) is 0 Å².